The molecule has 0 aliphatic carbocycles. The van der Waals surface area contributed by atoms with Gasteiger partial charge in [-0.3, -0.25) is 0 Å². The molecule has 0 heterocycles. The first-order valence-electron chi connectivity index (χ1n) is 4.01. The van der Waals surface area contributed by atoms with Gasteiger partial charge in [-0.25, -0.2) is 4.79 Å². The summed E-state index contributed by atoms with van der Waals surface area (Å²) in [4.78, 5) is 11.0. The zero-order valence-electron chi connectivity index (χ0n) is 7.66. The maximum Gasteiger partial charge on any atom is 0.463 e. The van der Waals surface area contributed by atoms with E-state index < -0.39 is 18.5 Å². The second-order valence-electron chi connectivity index (χ2n) is 2.80. The molecule has 0 radical (unpaired) electrons. The normalized spacial score (nSPS) is 11.6. The second-order valence-corrected chi connectivity index (χ2v) is 2.80. The molecular weight excluding hydrogens is 232 g/mol. The van der Waals surface area contributed by atoms with Gasteiger partial charge in [0.2, 0.25) is 0 Å². The predicted octanol–water partition coefficient (Wildman–Crippen LogP) is 2.41. The minimum atomic E-state index is -4.82. The van der Waals surface area contributed by atoms with E-state index in [1.807, 2.05) is 0 Å². The zero-order valence-corrected chi connectivity index (χ0v) is 7.66. The van der Waals surface area contributed by atoms with E-state index in [0.717, 1.165) is 24.3 Å². The molecule has 0 spiro atoms. The molecule has 1 N–H and O–H groups in total. The van der Waals surface area contributed by atoms with Gasteiger partial charge in [-0.15, -0.1) is 0 Å². The van der Waals surface area contributed by atoms with Crippen molar-refractivity contribution in [2.45, 2.75) is 12.5 Å². The van der Waals surface area contributed by atoms with Gasteiger partial charge in [-0.1, -0.05) is 0 Å². The molecule has 1 rings (SSSR count). The summed E-state index contributed by atoms with van der Waals surface area (Å²) in [6.45, 7) is 0. The zero-order chi connectivity index (χ0) is 12.3. The van der Waals surface area contributed by atoms with Gasteiger partial charge >= 0.3 is 18.5 Å². The molecule has 0 bridgehead atoms. The molecule has 0 fully saturated rings. The number of ether oxygens (including phenoxy) is 1. The lowest BCUT2D eigenvalue weighted by molar-refractivity contribution is -0.269. The smallest absolute Gasteiger partial charge is 0.463 e. The molecule has 0 aromatic heterocycles. The number of alkyl halides is 4. The van der Waals surface area contributed by atoms with Crippen molar-refractivity contribution in [3.05, 3.63) is 29.8 Å². The van der Waals surface area contributed by atoms with E-state index in [1.165, 1.54) is 0 Å². The number of hydrogen-bond acceptors (Lipinski definition) is 3. The van der Waals surface area contributed by atoms with Crippen LogP contribution < -0.4 is 0 Å². The van der Waals surface area contributed by atoms with E-state index in [4.69, 9.17) is 5.11 Å². The van der Waals surface area contributed by atoms with Crippen LogP contribution in [0.1, 0.15) is 10.4 Å². The number of carbonyl (C=O) groups excluding carboxylic acids is 1. The molecule has 7 heteroatoms. The monoisotopic (exact) mass is 238 g/mol. The molecule has 0 unspecified atom stereocenters. The van der Waals surface area contributed by atoms with Crippen molar-refractivity contribution in [2.75, 3.05) is 0 Å². The van der Waals surface area contributed by atoms with E-state index in [1.54, 1.807) is 0 Å². The molecule has 3 nitrogen and oxygen atoms in total. The van der Waals surface area contributed by atoms with Crippen molar-refractivity contribution in [1.82, 2.24) is 0 Å². The van der Waals surface area contributed by atoms with E-state index in [0.29, 0.717) is 0 Å². The molecule has 0 saturated heterocycles. The van der Waals surface area contributed by atoms with Crippen LogP contribution in [0.25, 0.3) is 0 Å². The first kappa shape index (κ1) is 12.3. The summed E-state index contributed by atoms with van der Waals surface area (Å²) in [7, 11) is 0. The Hall–Kier alpha value is -1.79. The average molecular weight is 238 g/mol. The number of hydrogen-bond donors (Lipinski definition) is 1. The highest BCUT2D eigenvalue weighted by Crippen LogP contribution is 2.25. The number of phenolic OH excluding ortho intramolecular Hbond substituents is 1. The van der Waals surface area contributed by atoms with Crippen LogP contribution in [-0.4, -0.2) is 23.6 Å². The Labute approximate surface area is 87.3 Å². The van der Waals surface area contributed by atoms with E-state index in [-0.39, 0.29) is 11.3 Å². The molecule has 16 heavy (non-hydrogen) atoms. The number of rotatable bonds is 3. The van der Waals surface area contributed by atoms with Crippen LogP contribution in [0.5, 0.6) is 5.75 Å². The van der Waals surface area contributed by atoms with Gasteiger partial charge in [0.05, 0.1) is 5.56 Å². The summed E-state index contributed by atoms with van der Waals surface area (Å²) in [5.41, 5.74) is -0.363. The van der Waals surface area contributed by atoms with Crippen molar-refractivity contribution in [1.29, 1.82) is 0 Å². The molecule has 0 saturated carbocycles. The summed E-state index contributed by atoms with van der Waals surface area (Å²) in [6.07, 6.45) is -8.91. The number of esters is 1. The lowest BCUT2D eigenvalue weighted by Crippen LogP contribution is -2.32. The van der Waals surface area contributed by atoms with Crippen LogP contribution in [0.15, 0.2) is 24.3 Å². The van der Waals surface area contributed by atoms with Crippen molar-refractivity contribution >= 4 is 5.97 Å². The van der Waals surface area contributed by atoms with Gasteiger partial charge in [0, 0.05) is 0 Å². The number of benzene rings is 1. The van der Waals surface area contributed by atoms with Crippen molar-refractivity contribution in [2.24, 2.45) is 0 Å². The third kappa shape index (κ3) is 2.85. The third-order valence-electron chi connectivity index (χ3n) is 1.59. The quantitative estimate of drug-likeness (QED) is 0.649. The summed E-state index contributed by atoms with van der Waals surface area (Å²) in [5.74, 6) is -1.79. The Balaban J connectivity index is 2.77. The maximum absolute atomic E-state index is 12.3. The SMILES string of the molecule is O=C(OC(F)(F)C(F)F)c1ccc(O)cc1. The molecule has 88 valence electrons. The third-order valence-corrected chi connectivity index (χ3v) is 1.59. The Morgan fingerprint density at radius 3 is 2.19 bits per heavy atom. The highest BCUT2D eigenvalue weighted by atomic mass is 19.3. The second kappa shape index (κ2) is 4.38. The maximum atomic E-state index is 12.3. The van der Waals surface area contributed by atoms with E-state index >= 15 is 0 Å². The van der Waals surface area contributed by atoms with Gasteiger partial charge in [-0.2, -0.15) is 17.6 Å². The number of aromatic hydroxyl groups is 1. The lowest BCUT2D eigenvalue weighted by atomic mass is 10.2. The standard InChI is InChI=1S/C9H6F4O3/c10-8(11)9(12,13)16-7(15)5-1-3-6(14)4-2-5/h1-4,8,14H. The molecule has 0 aliphatic heterocycles. The fourth-order valence-corrected chi connectivity index (χ4v) is 0.825. The number of halogens is 4. The molecule has 0 amide bonds. The van der Waals surface area contributed by atoms with Crippen molar-refractivity contribution in [3.63, 3.8) is 0 Å². The van der Waals surface area contributed by atoms with Gasteiger partial charge in [0.1, 0.15) is 5.75 Å². The topological polar surface area (TPSA) is 46.5 Å². The minimum Gasteiger partial charge on any atom is -0.508 e. The summed E-state index contributed by atoms with van der Waals surface area (Å²) < 4.78 is 51.3. The fraction of sp³-hybridized carbons (Fsp3) is 0.222. The van der Waals surface area contributed by atoms with Crippen molar-refractivity contribution < 1.29 is 32.2 Å². The molecule has 0 aliphatic rings. The largest absolute Gasteiger partial charge is 0.508 e. The van der Waals surface area contributed by atoms with Crippen molar-refractivity contribution in [3.8, 4) is 5.75 Å². The minimum absolute atomic E-state index is 0.197. The van der Waals surface area contributed by atoms with Gasteiger partial charge < -0.3 is 9.84 Å². The highest BCUT2D eigenvalue weighted by molar-refractivity contribution is 5.89. The van der Waals surface area contributed by atoms with Gasteiger partial charge in [0.15, 0.2) is 0 Å². The first-order valence-corrected chi connectivity index (χ1v) is 4.01. The Morgan fingerprint density at radius 2 is 1.75 bits per heavy atom. The Morgan fingerprint density at radius 1 is 1.25 bits per heavy atom. The predicted molar refractivity (Wildman–Crippen MR) is 44.5 cm³/mol. The molecule has 0 atom stereocenters. The van der Waals surface area contributed by atoms with Gasteiger partial charge in [-0.05, 0) is 24.3 Å². The van der Waals surface area contributed by atoms with E-state index in [2.05, 4.69) is 4.74 Å². The fourth-order valence-electron chi connectivity index (χ4n) is 0.825. The number of carbonyl (C=O) groups is 1. The summed E-state index contributed by atoms with van der Waals surface area (Å²) in [5, 5.41) is 8.84. The van der Waals surface area contributed by atoms with Crippen LogP contribution in [0.2, 0.25) is 0 Å². The average Bonchev–Trinajstić information content (AvgIpc) is 2.17. The van der Waals surface area contributed by atoms with Gasteiger partial charge in [0.25, 0.3) is 0 Å². The van der Waals surface area contributed by atoms with Crippen LogP contribution in [0.3, 0.4) is 0 Å². The van der Waals surface area contributed by atoms with Crippen LogP contribution in [0.4, 0.5) is 17.6 Å². The Bertz CT molecular complexity index is 375. The van der Waals surface area contributed by atoms with Crippen LogP contribution in [0, 0.1) is 0 Å². The first-order chi connectivity index (χ1) is 7.33. The number of phenols is 1. The Kier molecular flexibility index (Phi) is 3.36. The summed E-state index contributed by atoms with van der Waals surface area (Å²) in [6, 6.07) is 4.02. The van der Waals surface area contributed by atoms with E-state index in [9.17, 15) is 22.4 Å². The molecular formula is C9H6F4O3. The summed E-state index contributed by atoms with van der Waals surface area (Å²) >= 11 is 0. The van der Waals surface area contributed by atoms with Crippen LogP contribution in [-0.2, 0) is 4.74 Å². The van der Waals surface area contributed by atoms with Crippen LogP contribution >= 0.6 is 0 Å². The lowest BCUT2D eigenvalue weighted by Gasteiger charge is -2.15. The molecule has 1 aromatic rings. The molecule has 1 aromatic carbocycles. The highest BCUT2D eigenvalue weighted by Gasteiger charge is 2.45.